The van der Waals surface area contributed by atoms with Crippen molar-refractivity contribution in [1.82, 2.24) is 0 Å². The smallest absolute Gasteiger partial charge is 1.00 e. The molecule has 0 heterocycles. The van der Waals surface area contributed by atoms with Gasteiger partial charge < -0.3 is 24.8 Å². The van der Waals surface area contributed by atoms with Crippen molar-refractivity contribution < 1.29 is 47.2 Å². The molecule has 0 bridgehead atoms. The molecule has 266 valence electrons. The Labute approximate surface area is 349 Å². The van der Waals surface area contributed by atoms with E-state index in [1.165, 1.54) is 60.5 Å². The zero-order valence-corrected chi connectivity index (χ0v) is 35.8. The summed E-state index contributed by atoms with van der Waals surface area (Å²) in [6, 6.07) is 67.2. The van der Waals surface area contributed by atoms with Crippen LogP contribution >= 0.6 is 0 Å². The first-order chi connectivity index (χ1) is 26.3. The molecule has 8 aromatic rings. The normalized spacial score (nSPS) is 15.1. The third-order valence-electron chi connectivity index (χ3n) is 11.6. The Kier molecular flexibility index (Phi) is 11.0. The van der Waals surface area contributed by atoms with Crippen LogP contribution in [0.25, 0.3) is 49.9 Å². The van der Waals surface area contributed by atoms with Crippen LogP contribution in [0.15, 0.2) is 181 Å². The minimum absolute atomic E-state index is 0. The van der Waals surface area contributed by atoms with Crippen LogP contribution in [0.1, 0.15) is 57.1 Å². The summed E-state index contributed by atoms with van der Waals surface area (Å²) in [6.45, 7) is 2.35. The van der Waals surface area contributed by atoms with Crippen molar-refractivity contribution in [2.24, 2.45) is 0 Å². The number of benzene rings is 8. The second kappa shape index (κ2) is 16.0. The van der Waals surface area contributed by atoms with E-state index in [-0.39, 0.29) is 30.7 Å². The summed E-state index contributed by atoms with van der Waals surface area (Å²) >= 11 is -1.04. The van der Waals surface area contributed by atoms with Crippen molar-refractivity contribution in [1.29, 1.82) is 0 Å². The van der Waals surface area contributed by atoms with Crippen LogP contribution in [-0.4, -0.2) is 5.92 Å². The Hall–Kier alpha value is -4.30. The van der Waals surface area contributed by atoms with Crippen LogP contribution in [0, 0.1) is 0 Å². The number of rotatable bonds is 8. The number of fused-ring (bicyclic) bond motifs is 6. The first-order valence-electron chi connectivity index (χ1n) is 19.1. The molecule has 0 saturated carbocycles. The average Bonchev–Trinajstić information content (AvgIpc) is 3.75. The Bertz CT molecular complexity index is 2590. The van der Waals surface area contributed by atoms with E-state index in [1.807, 2.05) is 0 Å². The number of halogens is 2. The molecule has 55 heavy (non-hydrogen) atoms. The van der Waals surface area contributed by atoms with Gasteiger partial charge in [0.25, 0.3) is 0 Å². The van der Waals surface area contributed by atoms with Gasteiger partial charge in [-0.05, 0) is 0 Å². The van der Waals surface area contributed by atoms with Gasteiger partial charge in [-0.25, -0.2) is 0 Å². The molecule has 0 fully saturated rings. The van der Waals surface area contributed by atoms with Gasteiger partial charge in [0.05, 0.1) is 0 Å². The second-order valence-corrected chi connectivity index (χ2v) is 25.3. The predicted molar refractivity (Wildman–Crippen MR) is 225 cm³/mol. The van der Waals surface area contributed by atoms with Crippen molar-refractivity contribution in [3.05, 3.63) is 209 Å². The second-order valence-electron chi connectivity index (χ2n) is 14.7. The van der Waals surface area contributed by atoms with E-state index in [1.54, 1.807) is 27.1 Å². The molecule has 0 spiro atoms. The third-order valence-corrected chi connectivity index (χ3v) is 25.7. The van der Waals surface area contributed by atoms with Gasteiger partial charge in [0.1, 0.15) is 0 Å². The quantitative estimate of drug-likeness (QED) is 0.137. The topological polar surface area (TPSA) is 0 Å². The van der Waals surface area contributed by atoms with Crippen molar-refractivity contribution in [3.63, 3.8) is 0 Å². The summed E-state index contributed by atoms with van der Waals surface area (Å²) in [6.07, 6.45) is 4.83. The maximum atomic E-state index is 2.59. The maximum Gasteiger partial charge on any atom is -1.00 e. The Balaban J connectivity index is 0.00000214. The number of hydrogen-bond donors (Lipinski definition) is 0. The van der Waals surface area contributed by atoms with Gasteiger partial charge in [-0.3, -0.25) is 0 Å². The average molecular weight is 843 g/mol. The van der Waals surface area contributed by atoms with Crippen molar-refractivity contribution in [3.8, 4) is 22.3 Å². The third kappa shape index (κ3) is 6.52. The minimum atomic E-state index is -1.41. The molecule has 10 rings (SSSR count). The summed E-state index contributed by atoms with van der Waals surface area (Å²) in [7, 11) is 0. The fourth-order valence-electron chi connectivity index (χ4n) is 9.42. The van der Waals surface area contributed by atoms with E-state index in [2.05, 4.69) is 189 Å². The van der Waals surface area contributed by atoms with Crippen molar-refractivity contribution in [2.75, 3.05) is 0 Å². The predicted octanol–water partition coefficient (Wildman–Crippen LogP) is 5.69. The molecule has 2 unspecified atom stereocenters. The standard InChI is InChI=1S/C39H29.C12H11Si.2ClH.Zr/c1-2-11-28-24-37-34(38(28)33-19-9-18-32-29-15-6-3-14-27(29)23-36(32)33)20-10-21-35(37)39-30-16-7-4-12-25(30)22-26-13-5-8-17-31(26)39;1-3-7-11(8-4-1)13-12-9-5-2-6-10-12;;;/h3-10,12-24,38H,2,11H2,1H3;1-10,13H;2*1H;/q;;;;+2/p-2. The molecule has 4 heteroatoms. The Morgan fingerprint density at radius 2 is 1.04 bits per heavy atom. The van der Waals surface area contributed by atoms with Gasteiger partial charge in [0, 0.05) is 0 Å². The number of allylic oxidation sites excluding steroid dienone is 1. The van der Waals surface area contributed by atoms with Gasteiger partial charge in [-0.1, -0.05) is 0 Å². The van der Waals surface area contributed by atoms with E-state index >= 15 is 0 Å². The molecule has 2 aliphatic carbocycles. The molecule has 8 aromatic carbocycles. The first-order valence-corrected chi connectivity index (χ1v) is 26.5. The zero-order valence-electron chi connectivity index (χ0n) is 30.7. The molecule has 0 saturated heterocycles. The monoisotopic (exact) mass is 840 g/mol. The molecule has 2 atom stereocenters. The van der Waals surface area contributed by atoms with Crippen LogP contribution in [-0.2, 0) is 22.4 Å². The van der Waals surface area contributed by atoms with Gasteiger partial charge in [-0.2, -0.15) is 0 Å². The molecule has 0 N–H and O–H groups in total. The molecule has 0 aromatic heterocycles. The van der Waals surface area contributed by atoms with Crippen LogP contribution in [0.4, 0.5) is 0 Å². The van der Waals surface area contributed by atoms with Gasteiger partial charge in [0.2, 0.25) is 0 Å². The fourth-order valence-corrected chi connectivity index (χ4v) is 24.2. The van der Waals surface area contributed by atoms with Crippen molar-refractivity contribution >= 4 is 43.9 Å². The van der Waals surface area contributed by atoms with Crippen LogP contribution in [0.5, 0.6) is 0 Å². The first kappa shape index (κ1) is 37.6. The van der Waals surface area contributed by atoms with Crippen LogP contribution < -0.4 is 35.2 Å². The van der Waals surface area contributed by atoms with Gasteiger partial charge in [0.15, 0.2) is 0 Å². The molecular formula is C51H40Cl2SiZr. The maximum absolute atomic E-state index is 2.59. The van der Waals surface area contributed by atoms with E-state index in [9.17, 15) is 0 Å². The number of hydrogen-bond acceptors (Lipinski definition) is 0. The van der Waals surface area contributed by atoms with E-state index in [4.69, 9.17) is 0 Å². The van der Waals surface area contributed by atoms with Crippen LogP contribution in [0.3, 0.4) is 0 Å². The fraction of sp³-hybridized carbons (Fsp3) is 0.0980. The molecular weight excluding hydrogens is 803 g/mol. The molecule has 0 amide bonds. The van der Waals surface area contributed by atoms with Gasteiger partial charge in [-0.15, -0.1) is 0 Å². The Morgan fingerprint density at radius 3 is 1.69 bits per heavy atom. The molecule has 0 aliphatic heterocycles. The van der Waals surface area contributed by atoms with Crippen LogP contribution in [0.2, 0.25) is 0 Å². The van der Waals surface area contributed by atoms with Gasteiger partial charge >= 0.3 is 327 Å². The summed E-state index contributed by atoms with van der Waals surface area (Å²) in [5.41, 5.74) is 14.8. The summed E-state index contributed by atoms with van der Waals surface area (Å²) < 4.78 is 0.509. The summed E-state index contributed by atoms with van der Waals surface area (Å²) in [4.78, 5) is 0. The Morgan fingerprint density at radius 1 is 0.509 bits per heavy atom. The largest absolute Gasteiger partial charge is 1.00 e. The molecule has 0 radical (unpaired) electrons. The van der Waals surface area contributed by atoms with E-state index < -0.39 is 28.3 Å². The van der Waals surface area contributed by atoms with E-state index in [0.717, 1.165) is 12.8 Å². The summed E-state index contributed by atoms with van der Waals surface area (Å²) in [5.74, 6) is -1.16. The van der Waals surface area contributed by atoms with Crippen molar-refractivity contribution in [2.45, 2.75) is 29.3 Å². The minimum Gasteiger partial charge on any atom is -1.00 e. The molecule has 0 nitrogen and oxygen atoms in total. The van der Waals surface area contributed by atoms with E-state index in [0.29, 0.717) is 3.63 Å². The summed E-state index contributed by atoms with van der Waals surface area (Å²) in [5, 5.41) is 8.45. The SMILES string of the molecule is CCCC1=Cc2c(-c3c4ccccc4cc4ccccc34)cccc2C1c1cccc2c1[CH]([Zr+2][SiH](c1ccccc1)c1ccccc1)c1ccccc1-2.[Cl-].[Cl-]. The zero-order chi connectivity index (χ0) is 35.3. The molecule has 2 aliphatic rings.